The van der Waals surface area contributed by atoms with Crippen LogP contribution in [0.1, 0.15) is 33.4 Å². The van der Waals surface area contributed by atoms with E-state index in [0.29, 0.717) is 0 Å². The molecule has 0 radical (unpaired) electrons. The van der Waals surface area contributed by atoms with Crippen molar-refractivity contribution in [3.05, 3.63) is 33.2 Å². The molecule has 9 heteroatoms. The molecule has 0 amide bonds. The van der Waals surface area contributed by atoms with Crippen molar-refractivity contribution in [1.82, 2.24) is 9.55 Å². The third-order valence-corrected chi connectivity index (χ3v) is 4.18. The van der Waals surface area contributed by atoms with Gasteiger partial charge in [0.05, 0.1) is 5.54 Å². The molecule has 2 rings (SSSR count). The number of halogens is 1. The Labute approximate surface area is 120 Å². The summed E-state index contributed by atoms with van der Waals surface area (Å²) < 4.78 is 21.4. The van der Waals surface area contributed by atoms with Gasteiger partial charge in [-0.2, -0.15) is 4.98 Å². The first kappa shape index (κ1) is 15.3. The van der Waals surface area contributed by atoms with Crippen LogP contribution in [0, 0.1) is 5.92 Å². The van der Waals surface area contributed by atoms with Gasteiger partial charge in [0.15, 0.2) is 6.23 Å². The lowest BCUT2D eigenvalue weighted by Gasteiger charge is -2.29. The predicted octanol–water partition coefficient (Wildman–Crippen LogP) is 2.14. The van der Waals surface area contributed by atoms with E-state index in [-0.39, 0.29) is 12.2 Å². The molecule has 1 aromatic rings. The van der Waals surface area contributed by atoms with Gasteiger partial charge in [-0.25, -0.2) is 9.18 Å². The molecule has 0 bridgehead atoms. The van der Waals surface area contributed by atoms with Crippen LogP contribution in [0.25, 0.3) is 10.4 Å². The fraction of sp³-hybridized carbons (Fsp3) is 0.667. The van der Waals surface area contributed by atoms with E-state index in [1.807, 2.05) is 0 Å². The minimum atomic E-state index is -1.99. The average Bonchev–Trinajstić information content (AvgIpc) is 2.62. The second-order valence-corrected chi connectivity index (χ2v) is 5.29. The first-order valence-electron chi connectivity index (χ1n) is 6.56. The van der Waals surface area contributed by atoms with Crippen LogP contribution in [-0.2, 0) is 4.74 Å². The topological polar surface area (TPSA) is 119 Å². The lowest BCUT2D eigenvalue weighted by molar-refractivity contribution is -0.172. The average molecular weight is 296 g/mol. The smallest absolute Gasteiger partial charge is 0.351 e. The molecule has 4 atom stereocenters. The van der Waals surface area contributed by atoms with E-state index in [9.17, 15) is 9.18 Å². The zero-order valence-electron chi connectivity index (χ0n) is 12.0. The van der Waals surface area contributed by atoms with E-state index in [0.717, 1.165) is 4.57 Å². The zero-order valence-corrected chi connectivity index (χ0v) is 12.0. The van der Waals surface area contributed by atoms with Crippen molar-refractivity contribution in [3.63, 3.8) is 0 Å². The molecule has 0 saturated carbocycles. The number of nitrogens with zero attached hydrogens (tertiary/aromatic N) is 5. The van der Waals surface area contributed by atoms with Crippen molar-refractivity contribution < 1.29 is 9.13 Å². The maximum absolute atomic E-state index is 14.8. The molecule has 21 heavy (non-hydrogen) atoms. The van der Waals surface area contributed by atoms with Crippen molar-refractivity contribution >= 4 is 5.82 Å². The molecule has 1 aliphatic rings. The monoisotopic (exact) mass is 296 g/mol. The maximum Gasteiger partial charge on any atom is 0.351 e. The van der Waals surface area contributed by atoms with E-state index < -0.39 is 29.2 Å². The highest BCUT2D eigenvalue weighted by Gasteiger charge is 2.60. The van der Waals surface area contributed by atoms with Crippen LogP contribution in [0.15, 0.2) is 22.2 Å². The van der Waals surface area contributed by atoms with Gasteiger partial charge in [0.25, 0.3) is 0 Å². The van der Waals surface area contributed by atoms with Gasteiger partial charge in [-0.3, -0.25) is 4.57 Å². The fourth-order valence-corrected chi connectivity index (χ4v) is 2.62. The van der Waals surface area contributed by atoms with Gasteiger partial charge in [-0.1, -0.05) is 19.0 Å². The molecule has 1 saturated heterocycles. The number of nitrogens with two attached hydrogens (primary N) is 1. The highest BCUT2D eigenvalue weighted by molar-refractivity contribution is 5.24. The largest absolute Gasteiger partial charge is 0.383 e. The molecule has 0 spiro atoms. The van der Waals surface area contributed by atoms with Gasteiger partial charge in [-0.05, 0) is 18.5 Å². The summed E-state index contributed by atoms with van der Waals surface area (Å²) in [6, 6.07) is 1.40. The van der Waals surface area contributed by atoms with Crippen LogP contribution in [0.2, 0.25) is 0 Å². The van der Waals surface area contributed by atoms with Crippen molar-refractivity contribution in [3.8, 4) is 0 Å². The Balaban J connectivity index is 2.60. The molecule has 0 aliphatic carbocycles. The summed E-state index contributed by atoms with van der Waals surface area (Å²) in [5.41, 5.74) is 12.3. The summed E-state index contributed by atoms with van der Waals surface area (Å²) in [5.74, 6) is -2.68. The number of hydrogen-bond donors (Lipinski definition) is 1. The van der Waals surface area contributed by atoms with Crippen molar-refractivity contribution in [2.75, 3.05) is 5.73 Å². The molecule has 8 nitrogen and oxygen atoms in total. The first-order chi connectivity index (χ1) is 9.78. The predicted molar refractivity (Wildman–Crippen MR) is 73.9 cm³/mol. The minimum absolute atomic E-state index is 0.0507. The number of alkyl halides is 1. The van der Waals surface area contributed by atoms with Crippen LogP contribution < -0.4 is 11.4 Å². The number of rotatable bonds is 3. The molecule has 2 N–H and O–H groups in total. The van der Waals surface area contributed by atoms with Crippen LogP contribution in [0.4, 0.5) is 10.2 Å². The number of azide groups is 1. The summed E-state index contributed by atoms with van der Waals surface area (Å²) in [4.78, 5) is 18.3. The Hall–Kier alpha value is -2.12. The zero-order chi connectivity index (χ0) is 15.8. The molecule has 2 heterocycles. The molecule has 1 fully saturated rings. The normalized spacial score (nSPS) is 35.4. The maximum atomic E-state index is 14.8. The van der Waals surface area contributed by atoms with E-state index in [1.165, 1.54) is 12.3 Å². The van der Waals surface area contributed by atoms with E-state index in [4.69, 9.17) is 16.0 Å². The number of hydrogen-bond acceptors (Lipinski definition) is 5. The number of ether oxygens (including phenoxy) is 1. The fourth-order valence-electron chi connectivity index (χ4n) is 2.62. The van der Waals surface area contributed by atoms with Crippen LogP contribution in [-0.4, -0.2) is 20.9 Å². The molecular formula is C12H17FN6O2. The van der Waals surface area contributed by atoms with Gasteiger partial charge in [0, 0.05) is 23.4 Å². The Morgan fingerprint density at radius 1 is 1.71 bits per heavy atom. The molecule has 0 aromatic carbocycles. The Kier molecular flexibility index (Phi) is 3.65. The molecular weight excluding hydrogens is 279 g/mol. The summed E-state index contributed by atoms with van der Waals surface area (Å²) in [5, 5.41) is 3.70. The second kappa shape index (κ2) is 5.01. The van der Waals surface area contributed by atoms with Gasteiger partial charge < -0.3 is 10.5 Å². The number of aromatic nitrogens is 2. The lowest BCUT2D eigenvalue weighted by atomic mass is 9.83. The number of nitrogen functional groups attached to an aromatic ring is 1. The minimum Gasteiger partial charge on any atom is -0.383 e. The Bertz CT molecular complexity index is 657. The third-order valence-electron chi connectivity index (χ3n) is 4.18. The molecule has 1 aromatic heterocycles. The van der Waals surface area contributed by atoms with Crippen LogP contribution in [0.5, 0.6) is 0 Å². The third kappa shape index (κ3) is 2.24. The summed E-state index contributed by atoms with van der Waals surface area (Å²) in [7, 11) is 0. The van der Waals surface area contributed by atoms with E-state index in [1.54, 1.807) is 20.8 Å². The molecule has 1 aliphatic heterocycles. The van der Waals surface area contributed by atoms with Crippen molar-refractivity contribution in [2.24, 2.45) is 11.0 Å². The SMILES string of the molecule is CC[C@@]1(F)O[C@@H](n2ccc(N)nc2=O)[C@](C)(N=[N+]=[N-])[C@@H]1C. The van der Waals surface area contributed by atoms with Gasteiger partial charge in [0.1, 0.15) is 5.82 Å². The van der Waals surface area contributed by atoms with Crippen molar-refractivity contribution in [2.45, 2.75) is 44.8 Å². The highest BCUT2D eigenvalue weighted by Crippen LogP contribution is 2.52. The van der Waals surface area contributed by atoms with Gasteiger partial charge in [0.2, 0.25) is 5.85 Å². The van der Waals surface area contributed by atoms with E-state index in [2.05, 4.69) is 15.0 Å². The van der Waals surface area contributed by atoms with Crippen LogP contribution >= 0.6 is 0 Å². The van der Waals surface area contributed by atoms with Gasteiger partial charge >= 0.3 is 5.69 Å². The van der Waals surface area contributed by atoms with Gasteiger partial charge in [-0.15, -0.1) is 0 Å². The van der Waals surface area contributed by atoms with Crippen LogP contribution in [0.3, 0.4) is 0 Å². The summed E-state index contributed by atoms with van der Waals surface area (Å²) in [6.07, 6.45) is 0.335. The highest BCUT2D eigenvalue weighted by atomic mass is 19.2. The lowest BCUT2D eigenvalue weighted by Crippen LogP contribution is -2.41. The quantitative estimate of drug-likeness (QED) is 0.522. The standard InChI is InChI=1S/C12H17FN6O2/c1-4-12(13)7(2)11(3,17-18-15)9(21-12)19-6-5-8(14)16-10(19)20/h5-7,9H,4H2,1-3H3,(H2,14,16,20)/t7-,9+,11+,12+/m0/s1. The summed E-state index contributed by atoms with van der Waals surface area (Å²) >= 11 is 0. The Morgan fingerprint density at radius 3 is 2.90 bits per heavy atom. The summed E-state index contributed by atoms with van der Waals surface area (Å²) in [6.45, 7) is 4.77. The Morgan fingerprint density at radius 2 is 2.38 bits per heavy atom. The number of anilines is 1. The molecule has 114 valence electrons. The second-order valence-electron chi connectivity index (χ2n) is 5.29. The molecule has 0 unspecified atom stereocenters. The first-order valence-corrected chi connectivity index (χ1v) is 6.56. The van der Waals surface area contributed by atoms with E-state index >= 15 is 0 Å². The van der Waals surface area contributed by atoms with Crippen molar-refractivity contribution in [1.29, 1.82) is 0 Å².